The van der Waals surface area contributed by atoms with Gasteiger partial charge in [-0.2, -0.15) is 0 Å². The van der Waals surface area contributed by atoms with E-state index in [1.807, 2.05) is 48.5 Å². The summed E-state index contributed by atoms with van der Waals surface area (Å²) in [6.07, 6.45) is -0.685. The minimum Gasteiger partial charge on any atom is -0.480 e. The van der Waals surface area contributed by atoms with E-state index in [1.54, 1.807) is 24.3 Å². The quantitative estimate of drug-likeness (QED) is 0.493. The zero-order valence-corrected chi connectivity index (χ0v) is 17.9. The summed E-state index contributed by atoms with van der Waals surface area (Å²) >= 11 is 0. The van der Waals surface area contributed by atoms with E-state index in [9.17, 15) is 19.5 Å². The molecular formula is C26H24N2O5. The molecule has 3 aromatic rings. The Labute approximate surface area is 191 Å². The van der Waals surface area contributed by atoms with Gasteiger partial charge in [-0.25, -0.2) is 9.59 Å². The first-order valence-electron chi connectivity index (χ1n) is 10.6. The van der Waals surface area contributed by atoms with Crippen molar-refractivity contribution in [3.63, 3.8) is 0 Å². The summed E-state index contributed by atoms with van der Waals surface area (Å²) in [6.45, 7) is 0.0975. The maximum atomic E-state index is 12.5. The fourth-order valence-electron chi connectivity index (χ4n) is 4.29. The SMILES string of the molecule is NC(=O)Cc1cccc(C[C@H](NC(=O)OCC2c3ccccc3-c3ccccc32)C(=O)O)c1. The second-order valence-electron chi connectivity index (χ2n) is 8.03. The van der Waals surface area contributed by atoms with Gasteiger partial charge in [-0.3, -0.25) is 4.79 Å². The van der Waals surface area contributed by atoms with E-state index < -0.39 is 24.0 Å². The average Bonchev–Trinajstić information content (AvgIpc) is 3.11. The van der Waals surface area contributed by atoms with Crippen LogP contribution in [0.3, 0.4) is 0 Å². The molecule has 0 heterocycles. The molecule has 0 radical (unpaired) electrons. The number of amides is 2. The Morgan fingerprint density at radius 1 is 0.909 bits per heavy atom. The standard InChI is InChI=1S/C26H24N2O5/c27-24(29)14-17-7-5-6-16(12-17)13-23(25(30)31)28-26(32)33-15-22-20-10-3-1-8-18(20)19-9-2-4-11-21(19)22/h1-12,22-23H,13-15H2,(H2,27,29)(H,28,32)(H,30,31)/t23-/m0/s1. The number of aliphatic carboxylic acids is 1. The monoisotopic (exact) mass is 444 g/mol. The van der Waals surface area contributed by atoms with Crippen molar-refractivity contribution in [2.75, 3.05) is 6.61 Å². The number of rotatable bonds is 8. The molecule has 7 heteroatoms. The van der Waals surface area contributed by atoms with Crippen molar-refractivity contribution in [2.45, 2.75) is 24.8 Å². The molecule has 1 aliphatic rings. The number of hydrogen-bond donors (Lipinski definition) is 3. The maximum Gasteiger partial charge on any atom is 0.407 e. The van der Waals surface area contributed by atoms with Crippen LogP contribution in [0.1, 0.15) is 28.2 Å². The number of alkyl carbamates (subject to hydrolysis) is 1. The summed E-state index contributed by atoms with van der Waals surface area (Å²) in [7, 11) is 0. The first-order valence-corrected chi connectivity index (χ1v) is 10.6. The van der Waals surface area contributed by atoms with E-state index >= 15 is 0 Å². The third-order valence-corrected chi connectivity index (χ3v) is 5.74. The Morgan fingerprint density at radius 2 is 1.52 bits per heavy atom. The number of nitrogens with two attached hydrogens (primary N) is 1. The summed E-state index contributed by atoms with van der Waals surface area (Å²) in [5.74, 6) is -1.76. The summed E-state index contributed by atoms with van der Waals surface area (Å²) < 4.78 is 5.46. The first-order chi connectivity index (χ1) is 15.9. The van der Waals surface area contributed by atoms with Crippen LogP contribution < -0.4 is 11.1 Å². The molecular weight excluding hydrogens is 420 g/mol. The Hall–Kier alpha value is -4.13. The van der Waals surface area contributed by atoms with Crippen molar-refractivity contribution in [3.8, 4) is 11.1 Å². The highest BCUT2D eigenvalue weighted by atomic mass is 16.5. The lowest BCUT2D eigenvalue weighted by Crippen LogP contribution is -2.42. The molecule has 4 N–H and O–H groups in total. The van der Waals surface area contributed by atoms with Gasteiger partial charge in [0.25, 0.3) is 0 Å². The van der Waals surface area contributed by atoms with Crippen LogP contribution in [0.15, 0.2) is 72.8 Å². The summed E-state index contributed by atoms with van der Waals surface area (Å²) in [5, 5.41) is 12.0. The maximum absolute atomic E-state index is 12.5. The molecule has 0 spiro atoms. The highest BCUT2D eigenvalue weighted by Gasteiger charge is 2.29. The number of fused-ring (bicyclic) bond motifs is 3. The number of carbonyl (C=O) groups is 3. The number of benzene rings is 3. The van der Waals surface area contributed by atoms with Crippen molar-refractivity contribution >= 4 is 18.0 Å². The molecule has 0 unspecified atom stereocenters. The van der Waals surface area contributed by atoms with E-state index in [1.165, 1.54) is 0 Å². The van der Waals surface area contributed by atoms with Gasteiger partial charge in [0.2, 0.25) is 5.91 Å². The lowest BCUT2D eigenvalue weighted by Gasteiger charge is -2.18. The van der Waals surface area contributed by atoms with Crippen LogP contribution in [0, 0.1) is 0 Å². The van der Waals surface area contributed by atoms with Crippen LogP contribution in [-0.2, 0) is 27.2 Å². The van der Waals surface area contributed by atoms with Crippen molar-refractivity contribution in [2.24, 2.45) is 5.73 Å². The molecule has 168 valence electrons. The molecule has 2 amide bonds. The van der Waals surface area contributed by atoms with E-state index in [4.69, 9.17) is 10.5 Å². The molecule has 0 saturated carbocycles. The molecule has 3 aromatic carbocycles. The molecule has 1 atom stereocenters. The lowest BCUT2D eigenvalue weighted by atomic mass is 9.98. The topological polar surface area (TPSA) is 119 Å². The van der Waals surface area contributed by atoms with Gasteiger partial charge in [0.05, 0.1) is 6.42 Å². The number of carboxylic acids is 1. The average molecular weight is 444 g/mol. The van der Waals surface area contributed by atoms with E-state index in [0.29, 0.717) is 11.1 Å². The Balaban J connectivity index is 1.41. The number of carbonyl (C=O) groups excluding carboxylic acids is 2. The Morgan fingerprint density at radius 3 is 2.12 bits per heavy atom. The van der Waals surface area contributed by atoms with Crippen LogP contribution in [0.5, 0.6) is 0 Å². The first kappa shape index (κ1) is 22.1. The second kappa shape index (κ2) is 9.56. The predicted octanol–water partition coefficient (Wildman–Crippen LogP) is 3.25. The third-order valence-electron chi connectivity index (χ3n) is 5.74. The van der Waals surface area contributed by atoms with Crippen molar-refractivity contribution < 1.29 is 24.2 Å². The smallest absolute Gasteiger partial charge is 0.407 e. The zero-order chi connectivity index (χ0) is 23.4. The molecule has 0 aliphatic heterocycles. The largest absolute Gasteiger partial charge is 0.480 e. The van der Waals surface area contributed by atoms with Crippen molar-refractivity contribution in [3.05, 3.63) is 95.1 Å². The highest BCUT2D eigenvalue weighted by molar-refractivity contribution is 5.81. The molecule has 0 bridgehead atoms. The number of primary amides is 1. The van der Waals surface area contributed by atoms with Crippen LogP contribution in [-0.4, -0.2) is 35.7 Å². The highest BCUT2D eigenvalue weighted by Crippen LogP contribution is 2.44. The van der Waals surface area contributed by atoms with Crippen LogP contribution in [0.25, 0.3) is 11.1 Å². The lowest BCUT2D eigenvalue weighted by molar-refractivity contribution is -0.139. The fourth-order valence-corrected chi connectivity index (χ4v) is 4.29. The van der Waals surface area contributed by atoms with Crippen molar-refractivity contribution in [1.29, 1.82) is 0 Å². The van der Waals surface area contributed by atoms with Crippen molar-refractivity contribution in [1.82, 2.24) is 5.32 Å². The van der Waals surface area contributed by atoms with Gasteiger partial charge < -0.3 is 20.9 Å². The Bertz CT molecular complexity index is 1160. The van der Waals surface area contributed by atoms with Crippen LogP contribution in [0.2, 0.25) is 0 Å². The van der Waals surface area contributed by atoms with Gasteiger partial charge in [-0.15, -0.1) is 0 Å². The molecule has 7 nitrogen and oxygen atoms in total. The number of carboxylic acid groups (broad SMARTS) is 1. The number of ether oxygens (including phenoxy) is 1. The minimum atomic E-state index is -1.18. The summed E-state index contributed by atoms with van der Waals surface area (Å²) in [6, 6.07) is 21.7. The van der Waals surface area contributed by atoms with Gasteiger partial charge in [0.1, 0.15) is 12.6 Å². The molecule has 4 rings (SSSR count). The van der Waals surface area contributed by atoms with Gasteiger partial charge in [0.15, 0.2) is 0 Å². The molecule has 0 aromatic heterocycles. The van der Waals surface area contributed by atoms with Crippen LogP contribution >= 0.6 is 0 Å². The predicted molar refractivity (Wildman–Crippen MR) is 123 cm³/mol. The van der Waals surface area contributed by atoms with Gasteiger partial charge >= 0.3 is 12.1 Å². The minimum absolute atomic E-state index is 0.0477. The van der Waals surface area contributed by atoms with Gasteiger partial charge in [-0.1, -0.05) is 72.8 Å². The molecule has 0 saturated heterocycles. The Kier molecular flexibility index (Phi) is 6.40. The fraction of sp³-hybridized carbons (Fsp3) is 0.192. The normalized spacial score (nSPS) is 13.0. The number of hydrogen-bond acceptors (Lipinski definition) is 4. The van der Waals surface area contributed by atoms with Gasteiger partial charge in [0, 0.05) is 12.3 Å². The van der Waals surface area contributed by atoms with Gasteiger partial charge in [-0.05, 0) is 33.4 Å². The second-order valence-corrected chi connectivity index (χ2v) is 8.03. The molecule has 1 aliphatic carbocycles. The van der Waals surface area contributed by atoms with Crippen LogP contribution in [0.4, 0.5) is 4.79 Å². The van der Waals surface area contributed by atoms with E-state index in [2.05, 4.69) is 5.32 Å². The van der Waals surface area contributed by atoms with E-state index in [0.717, 1.165) is 22.3 Å². The zero-order valence-electron chi connectivity index (χ0n) is 17.9. The molecule has 33 heavy (non-hydrogen) atoms. The molecule has 0 fully saturated rings. The third kappa shape index (κ3) is 5.03. The van der Waals surface area contributed by atoms with E-state index in [-0.39, 0.29) is 25.4 Å². The summed E-state index contributed by atoms with van der Waals surface area (Å²) in [5.41, 5.74) is 11.0. The summed E-state index contributed by atoms with van der Waals surface area (Å²) in [4.78, 5) is 35.4. The number of nitrogens with one attached hydrogen (secondary N) is 1.